The van der Waals surface area contributed by atoms with E-state index in [1.807, 2.05) is 24.3 Å². The SMILES string of the molecule is CC(Oc1cccc(Cl)c1)C(=O)Nc1cccc(-c2cn3c(n2)SCC3)c1. The number of hydrogen-bond donors (Lipinski definition) is 1. The minimum Gasteiger partial charge on any atom is -0.481 e. The summed E-state index contributed by atoms with van der Waals surface area (Å²) in [5.74, 6) is 1.40. The lowest BCUT2D eigenvalue weighted by atomic mass is 10.1. The van der Waals surface area contributed by atoms with E-state index in [0.717, 1.165) is 28.7 Å². The summed E-state index contributed by atoms with van der Waals surface area (Å²) >= 11 is 7.71. The molecule has 1 aliphatic rings. The van der Waals surface area contributed by atoms with Gasteiger partial charge in [-0.1, -0.05) is 41.6 Å². The Kier molecular flexibility index (Phi) is 5.09. The van der Waals surface area contributed by atoms with Crippen molar-refractivity contribution >= 4 is 35.0 Å². The Bertz CT molecular complexity index is 967. The van der Waals surface area contributed by atoms with Crippen LogP contribution in [-0.4, -0.2) is 27.3 Å². The first-order chi connectivity index (χ1) is 13.1. The predicted molar refractivity (Wildman–Crippen MR) is 109 cm³/mol. The molecule has 27 heavy (non-hydrogen) atoms. The number of thioether (sulfide) groups is 1. The maximum Gasteiger partial charge on any atom is 0.265 e. The van der Waals surface area contributed by atoms with Gasteiger partial charge in [0, 0.05) is 34.8 Å². The van der Waals surface area contributed by atoms with Crippen LogP contribution < -0.4 is 10.1 Å². The van der Waals surface area contributed by atoms with Crippen molar-refractivity contribution in [3.63, 3.8) is 0 Å². The van der Waals surface area contributed by atoms with Crippen molar-refractivity contribution in [1.29, 1.82) is 0 Å². The van der Waals surface area contributed by atoms with Crippen LogP contribution in [0.4, 0.5) is 5.69 Å². The molecule has 138 valence electrons. The summed E-state index contributed by atoms with van der Waals surface area (Å²) < 4.78 is 7.83. The molecule has 1 unspecified atom stereocenters. The molecule has 0 bridgehead atoms. The van der Waals surface area contributed by atoms with Crippen LogP contribution in [0, 0.1) is 0 Å². The molecule has 0 radical (unpaired) electrons. The molecule has 0 spiro atoms. The molecule has 3 aromatic rings. The molecule has 1 aliphatic heterocycles. The van der Waals surface area contributed by atoms with E-state index in [4.69, 9.17) is 16.3 Å². The number of anilines is 1. The van der Waals surface area contributed by atoms with Gasteiger partial charge < -0.3 is 14.6 Å². The van der Waals surface area contributed by atoms with Crippen molar-refractivity contribution < 1.29 is 9.53 Å². The zero-order valence-corrected chi connectivity index (χ0v) is 16.3. The monoisotopic (exact) mass is 399 g/mol. The number of fused-ring (bicyclic) bond motifs is 1. The van der Waals surface area contributed by atoms with Gasteiger partial charge in [-0.2, -0.15) is 0 Å². The third-order valence-corrected chi connectivity index (χ3v) is 5.41. The smallest absolute Gasteiger partial charge is 0.265 e. The lowest BCUT2D eigenvalue weighted by Gasteiger charge is -2.15. The number of aromatic nitrogens is 2. The molecule has 1 atom stereocenters. The van der Waals surface area contributed by atoms with Crippen LogP contribution in [0.15, 0.2) is 59.9 Å². The van der Waals surface area contributed by atoms with E-state index in [2.05, 4.69) is 21.1 Å². The summed E-state index contributed by atoms with van der Waals surface area (Å²) in [4.78, 5) is 17.1. The zero-order chi connectivity index (χ0) is 18.8. The number of amides is 1. The van der Waals surface area contributed by atoms with Crippen LogP contribution in [0.25, 0.3) is 11.3 Å². The average Bonchev–Trinajstić information content (AvgIpc) is 3.24. The molecule has 1 aromatic heterocycles. The number of carbonyl (C=O) groups is 1. The second-order valence-electron chi connectivity index (χ2n) is 6.24. The highest BCUT2D eigenvalue weighted by Crippen LogP contribution is 2.30. The van der Waals surface area contributed by atoms with Crippen LogP contribution in [0.2, 0.25) is 5.02 Å². The van der Waals surface area contributed by atoms with Crippen molar-refractivity contribution in [3.8, 4) is 17.0 Å². The fourth-order valence-electron chi connectivity index (χ4n) is 2.85. The number of carbonyl (C=O) groups excluding carboxylic acids is 1. The summed E-state index contributed by atoms with van der Waals surface area (Å²) in [6.45, 7) is 2.69. The lowest BCUT2D eigenvalue weighted by Crippen LogP contribution is -2.30. The van der Waals surface area contributed by atoms with Crippen molar-refractivity contribution in [1.82, 2.24) is 9.55 Å². The van der Waals surface area contributed by atoms with Crippen molar-refractivity contribution in [2.45, 2.75) is 24.7 Å². The number of imidazole rings is 1. The van der Waals surface area contributed by atoms with E-state index in [1.54, 1.807) is 43.0 Å². The molecule has 2 aromatic carbocycles. The maximum atomic E-state index is 12.5. The summed E-state index contributed by atoms with van der Waals surface area (Å²) in [7, 11) is 0. The van der Waals surface area contributed by atoms with Gasteiger partial charge in [0.15, 0.2) is 11.3 Å². The molecule has 5 nitrogen and oxygen atoms in total. The fraction of sp³-hybridized carbons (Fsp3) is 0.200. The largest absolute Gasteiger partial charge is 0.481 e. The summed E-state index contributed by atoms with van der Waals surface area (Å²) in [5.41, 5.74) is 2.59. The van der Waals surface area contributed by atoms with E-state index in [1.165, 1.54) is 0 Å². The number of rotatable bonds is 5. The van der Waals surface area contributed by atoms with E-state index < -0.39 is 6.10 Å². The third-order valence-electron chi connectivity index (χ3n) is 4.21. The number of nitrogens with one attached hydrogen (secondary N) is 1. The number of hydrogen-bond acceptors (Lipinski definition) is 4. The quantitative estimate of drug-likeness (QED) is 0.674. The van der Waals surface area contributed by atoms with Crippen LogP contribution in [0.3, 0.4) is 0 Å². The van der Waals surface area contributed by atoms with E-state index in [-0.39, 0.29) is 5.91 Å². The minimum atomic E-state index is -0.653. The van der Waals surface area contributed by atoms with E-state index >= 15 is 0 Å². The Balaban J connectivity index is 1.45. The first-order valence-corrected chi connectivity index (χ1v) is 9.98. The summed E-state index contributed by atoms with van der Waals surface area (Å²) in [6.07, 6.45) is 1.40. The second-order valence-corrected chi connectivity index (χ2v) is 7.74. The second kappa shape index (κ2) is 7.66. The van der Waals surface area contributed by atoms with Gasteiger partial charge in [-0.15, -0.1) is 0 Å². The number of halogens is 1. The molecule has 2 heterocycles. The average molecular weight is 400 g/mol. The summed E-state index contributed by atoms with van der Waals surface area (Å²) in [5, 5.41) is 4.51. The Morgan fingerprint density at radius 2 is 2.15 bits per heavy atom. The van der Waals surface area contributed by atoms with Crippen LogP contribution in [0.5, 0.6) is 5.75 Å². The van der Waals surface area contributed by atoms with Gasteiger partial charge >= 0.3 is 0 Å². The number of ether oxygens (including phenoxy) is 1. The minimum absolute atomic E-state index is 0.227. The normalized spacial score (nSPS) is 13.9. The highest BCUT2D eigenvalue weighted by molar-refractivity contribution is 7.99. The van der Waals surface area contributed by atoms with Gasteiger partial charge in [0.1, 0.15) is 5.75 Å². The molecule has 0 saturated carbocycles. The number of aryl methyl sites for hydroxylation is 1. The van der Waals surface area contributed by atoms with Crippen LogP contribution in [-0.2, 0) is 11.3 Å². The maximum absolute atomic E-state index is 12.5. The number of benzene rings is 2. The highest BCUT2D eigenvalue weighted by Gasteiger charge is 2.17. The molecule has 1 amide bonds. The highest BCUT2D eigenvalue weighted by atomic mass is 35.5. The molecule has 0 saturated heterocycles. The van der Waals surface area contributed by atoms with Gasteiger partial charge in [0.05, 0.1) is 5.69 Å². The molecule has 1 N–H and O–H groups in total. The van der Waals surface area contributed by atoms with Crippen LogP contribution >= 0.6 is 23.4 Å². The summed E-state index contributed by atoms with van der Waals surface area (Å²) in [6, 6.07) is 14.7. The molecule has 4 rings (SSSR count). The van der Waals surface area contributed by atoms with E-state index in [9.17, 15) is 4.79 Å². The van der Waals surface area contributed by atoms with Crippen molar-refractivity contribution in [2.75, 3.05) is 11.1 Å². The van der Waals surface area contributed by atoms with Gasteiger partial charge in [0.25, 0.3) is 5.91 Å². The first kappa shape index (κ1) is 17.9. The van der Waals surface area contributed by atoms with Gasteiger partial charge in [-0.25, -0.2) is 4.98 Å². The molecule has 0 aliphatic carbocycles. The van der Waals surface area contributed by atoms with Gasteiger partial charge in [0.2, 0.25) is 0 Å². The zero-order valence-electron chi connectivity index (χ0n) is 14.7. The van der Waals surface area contributed by atoms with Crippen LogP contribution in [0.1, 0.15) is 6.92 Å². The Morgan fingerprint density at radius 3 is 2.96 bits per heavy atom. The first-order valence-electron chi connectivity index (χ1n) is 8.62. The Morgan fingerprint density at radius 1 is 1.30 bits per heavy atom. The van der Waals surface area contributed by atoms with Gasteiger partial charge in [-0.3, -0.25) is 4.79 Å². The van der Waals surface area contributed by atoms with Crippen molar-refractivity contribution in [3.05, 3.63) is 59.8 Å². The molecule has 7 heteroatoms. The molecule has 0 fully saturated rings. The number of nitrogens with zero attached hydrogens (tertiary/aromatic N) is 2. The fourth-order valence-corrected chi connectivity index (χ4v) is 3.97. The Labute approximate surface area is 166 Å². The predicted octanol–water partition coefficient (Wildman–Crippen LogP) is 4.72. The van der Waals surface area contributed by atoms with Gasteiger partial charge in [-0.05, 0) is 37.3 Å². The topological polar surface area (TPSA) is 56.1 Å². The molecular formula is C20H18ClN3O2S. The standard InChI is InChI=1S/C20H18ClN3O2S/c1-13(26-17-7-3-5-15(21)11-17)19(25)22-16-6-2-4-14(10-16)18-12-24-8-9-27-20(24)23-18/h2-7,10-13H,8-9H2,1H3,(H,22,25). The van der Waals surface area contributed by atoms with E-state index in [0.29, 0.717) is 16.5 Å². The van der Waals surface area contributed by atoms with Crippen molar-refractivity contribution in [2.24, 2.45) is 0 Å². The lowest BCUT2D eigenvalue weighted by molar-refractivity contribution is -0.122. The third kappa shape index (κ3) is 4.12. The molecular weight excluding hydrogens is 382 g/mol. The Hall–Kier alpha value is -2.44.